The number of thiophene rings is 1. The molecule has 0 radical (unpaired) electrons. The van der Waals surface area contributed by atoms with E-state index in [4.69, 9.17) is 16.7 Å². The second-order valence-electron chi connectivity index (χ2n) is 3.72. The first-order valence-corrected chi connectivity index (χ1v) is 7.19. The first-order valence-electron chi connectivity index (χ1n) is 5.05. The number of aromatic nitrogens is 2. The number of aliphatic carboxylic acids is 1. The van der Waals surface area contributed by atoms with E-state index < -0.39 is 5.97 Å². The first kappa shape index (κ1) is 11.7. The second-order valence-corrected chi connectivity index (χ2v) is 6.09. The fourth-order valence-electron chi connectivity index (χ4n) is 1.69. The zero-order valence-corrected chi connectivity index (χ0v) is 11.3. The number of halogens is 1. The highest BCUT2D eigenvalue weighted by Crippen LogP contribution is 2.29. The fraction of sp³-hybridized carbons (Fsp3) is 0.0909. The van der Waals surface area contributed by atoms with Crippen LogP contribution in [0.4, 0.5) is 0 Å². The van der Waals surface area contributed by atoms with Gasteiger partial charge in [-0.25, -0.2) is 4.98 Å². The molecule has 7 heteroatoms. The van der Waals surface area contributed by atoms with Crippen LogP contribution >= 0.6 is 34.3 Å². The molecule has 3 heterocycles. The molecule has 0 aliphatic heterocycles. The molecule has 0 atom stereocenters. The Morgan fingerprint density at radius 1 is 1.44 bits per heavy atom. The van der Waals surface area contributed by atoms with Crippen molar-refractivity contribution < 1.29 is 9.90 Å². The summed E-state index contributed by atoms with van der Waals surface area (Å²) in [5, 5.41) is 12.6. The van der Waals surface area contributed by atoms with Crippen molar-refractivity contribution in [1.82, 2.24) is 9.38 Å². The standard InChI is InChI=1S/C11H7ClN2O2S2/c12-9-1-6(4-17-9)8-3-14-7(2-10(15)16)5-18-11(14)13-8/h1,3-5H,2H2,(H,15,16). The third-order valence-corrected chi connectivity index (χ3v) is 4.46. The number of rotatable bonds is 3. The quantitative estimate of drug-likeness (QED) is 0.806. The number of hydrogen-bond donors (Lipinski definition) is 1. The van der Waals surface area contributed by atoms with Gasteiger partial charge >= 0.3 is 5.97 Å². The maximum Gasteiger partial charge on any atom is 0.309 e. The van der Waals surface area contributed by atoms with Crippen LogP contribution in [0.5, 0.6) is 0 Å². The highest BCUT2D eigenvalue weighted by Gasteiger charge is 2.12. The number of fused-ring (bicyclic) bond motifs is 1. The van der Waals surface area contributed by atoms with Crippen LogP contribution in [0.15, 0.2) is 23.0 Å². The SMILES string of the molecule is O=C(O)Cc1csc2nc(-c3csc(Cl)c3)cn12. The van der Waals surface area contributed by atoms with Crippen LogP contribution in [-0.4, -0.2) is 20.5 Å². The van der Waals surface area contributed by atoms with Gasteiger partial charge in [-0.15, -0.1) is 22.7 Å². The van der Waals surface area contributed by atoms with Gasteiger partial charge in [-0.1, -0.05) is 11.6 Å². The number of carbonyl (C=O) groups is 1. The zero-order chi connectivity index (χ0) is 12.7. The largest absolute Gasteiger partial charge is 0.481 e. The van der Waals surface area contributed by atoms with Gasteiger partial charge in [0.1, 0.15) is 0 Å². The fourth-order valence-corrected chi connectivity index (χ4v) is 3.44. The van der Waals surface area contributed by atoms with Gasteiger partial charge < -0.3 is 5.11 Å². The van der Waals surface area contributed by atoms with Crippen LogP contribution in [0, 0.1) is 0 Å². The Kier molecular flexibility index (Phi) is 2.85. The highest BCUT2D eigenvalue weighted by molar-refractivity contribution is 7.15. The van der Waals surface area contributed by atoms with E-state index in [0.717, 1.165) is 21.9 Å². The number of carboxylic acid groups (broad SMARTS) is 1. The Labute approximate surface area is 115 Å². The van der Waals surface area contributed by atoms with Crippen molar-refractivity contribution in [2.45, 2.75) is 6.42 Å². The van der Waals surface area contributed by atoms with Gasteiger partial charge in [-0.05, 0) is 6.07 Å². The van der Waals surface area contributed by atoms with E-state index in [-0.39, 0.29) is 6.42 Å². The van der Waals surface area contributed by atoms with E-state index >= 15 is 0 Å². The third kappa shape index (κ3) is 2.03. The van der Waals surface area contributed by atoms with Gasteiger partial charge in [0.15, 0.2) is 4.96 Å². The predicted octanol–water partition coefficient (Wildman–Crippen LogP) is 3.40. The Morgan fingerprint density at radius 3 is 2.94 bits per heavy atom. The summed E-state index contributed by atoms with van der Waals surface area (Å²) in [6, 6.07) is 1.86. The summed E-state index contributed by atoms with van der Waals surface area (Å²) in [6.45, 7) is 0. The minimum atomic E-state index is -0.844. The van der Waals surface area contributed by atoms with E-state index in [2.05, 4.69) is 4.98 Å². The lowest BCUT2D eigenvalue weighted by Crippen LogP contribution is -2.02. The molecule has 4 nitrogen and oxygen atoms in total. The average Bonchev–Trinajstić information content (AvgIpc) is 2.94. The third-order valence-electron chi connectivity index (χ3n) is 2.48. The van der Waals surface area contributed by atoms with E-state index in [1.807, 2.05) is 27.4 Å². The Balaban J connectivity index is 2.06. The van der Waals surface area contributed by atoms with Gasteiger partial charge in [0.25, 0.3) is 0 Å². The van der Waals surface area contributed by atoms with Gasteiger partial charge in [-0.3, -0.25) is 9.20 Å². The molecule has 0 saturated carbocycles. The number of hydrogen-bond acceptors (Lipinski definition) is 4. The van der Waals surface area contributed by atoms with E-state index in [1.54, 1.807) is 0 Å². The van der Waals surface area contributed by atoms with E-state index in [9.17, 15) is 4.79 Å². The van der Waals surface area contributed by atoms with Gasteiger partial charge in [0.05, 0.1) is 16.5 Å². The molecule has 0 aliphatic carbocycles. The molecular weight excluding hydrogens is 292 g/mol. The molecule has 0 spiro atoms. The summed E-state index contributed by atoms with van der Waals surface area (Å²) in [5.74, 6) is -0.844. The first-order chi connectivity index (χ1) is 8.63. The van der Waals surface area contributed by atoms with Crippen LogP contribution in [0.25, 0.3) is 16.2 Å². The second kappa shape index (κ2) is 4.38. The minimum absolute atomic E-state index is 0.000192. The van der Waals surface area contributed by atoms with Crippen molar-refractivity contribution in [2.75, 3.05) is 0 Å². The number of carboxylic acids is 1. The molecule has 1 N–H and O–H groups in total. The molecule has 18 heavy (non-hydrogen) atoms. The van der Waals surface area contributed by atoms with E-state index in [0.29, 0.717) is 4.34 Å². The van der Waals surface area contributed by atoms with Crippen LogP contribution < -0.4 is 0 Å². The van der Waals surface area contributed by atoms with Gasteiger partial charge in [0, 0.05) is 28.2 Å². The molecule has 92 valence electrons. The van der Waals surface area contributed by atoms with Crippen molar-refractivity contribution in [3.8, 4) is 11.3 Å². The molecule has 0 fully saturated rings. The van der Waals surface area contributed by atoms with Crippen molar-refractivity contribution >= 4 is 45.2 Å². The lowest BCUT2D eigenvalue weighted by Gasteiger charge is -1.93. The van der Waals surface area contributed by atoms with Crippen molar-refractivity contribution in [2.24, 2.45) is 0 Å². The van der Waals surface area contributed by atoms with Crippen molar-refractivity contribution in [3.63, 3.8) is 0 Å². The lowest BCUT2D eigenvalue weighted by molar-refractivity contribution is -0.136. The van der Waals surface area contributed by atoms with Gasteiger partial charge in [0.2, 0.25) is 0 Å². The minimum Gasteiger partial charge on any atom is -0.481 e. The number of imidazole rings is 1. The molecular formula is C11H7ClN2O2S2. The van der Waals surface area contributed by atoms with Gasteiger partial charge in [-0.2, -0.15) is 0 Å². The number of thiazole rings is 1. The molecule has 0 aliphatic rings. The molecule has 3 rings (SSSR count). The summed E-state index contributed by atoms with van der Waals surface area (Å²) in [5.41, 5.74) is 2.52. The average molecular weight is 299 g/mol. The summed E-state index contributed by atoms with van der Waals surface area (Å²) >= 11 is 8.78. The predicted molar refractivity (Wildman–Crippen MR) is 72.7 cm³/mol. The monoisotopic (exact) mass is 298 g/mol. The maximum absolute atomic E-state index is 10.7. The highest BCUT2D eigenvalue weighted by atomic mass is 35.5. The van der Waals surface area contributed by atoms with Crippen LogP contribution in [-0.2, 0) is 11.2 Å². The molecule has 0 unspecified atom stereocenters. The lowest BCUT2D eigenvalue weighted by atomic mass is 10.3. The molecule has 0 bridgehead atoms. The topological polar surface area (TPSA) is 54.6 Å². The van der Waals surface area contributed by atoms with Crippen LogP contribution in [0.1, 0.15) is 5.69 Å². The Morgan fingerprint density at radius 2 is 2.28 bits per heavy atom. The number of nitrogens with zero attached hydrogens (tertiary/aromatic N) is 2. The summed E-state index contributed by atoms with van der Waals surface area (Å²) < 4.78 is 2.53. The molecule has 0 aromatic carbocycles. The molecule has 0 saturated heterocycles. The molecule has 3 aromatic heterocycles. The summed E-state index contributed by atoms with van der Waals surface area (Å²) in [4.78, 5) is 16.0. The van der Waals surface area contributed by atoms with Crippen LogP contribution in [0.2, 0.25) is 4.34 Å². The Hall–Kier alpha value is -1.37. The van der Waals surface area contributed by atoms with Crippen molar-refractivity contribution in [1.29, 1.82) is 0 Å². The summed E-state index contributed by atoms with van der Waals surface area (Å²) in [7, 11) is 0. The zero-order valence-electron chi connectivity index (χ0n) is 8.96. The van der Waals surface area contributed by atoms with Crippen LogP contribution in [0.3, 0.4) is 0 Å². The Bertz CT molecular complexity index is 728. The molecule has 3 aromatic rings. The van der Waals surface area contributed by atoms with Crippen molar-refractivity contribution in [3.05, 3.63) is 33.1 Å². The van der Waals surface area contributed by atoms with E-state index in [1.165, 1.54) is 22.7 Å². The molecule has 0 amide bonds. The maximum atomic E-state index is 10.7. The normalized spacial score (nSPS) is 11.2. The smallest absolute Gasteiger partial charge is 0.309 e. The summed E-state index contributed by atoms with van der Waals surface area (Å²) in [6.07, 6.45) is 1.85.